The second-order valence-corrected chi connectivity index (χ2v) is 6.01. The number of carbonyl (C=O) groups is 3. The van der Waals surface area contributed by atoms with Crippen LogP contribution in [0.3, 0.4) is 0 Å². The molecule has 25 heavy (non-hydrogen) atoms. The molecule has 0 radical (unpaired) electrons. The van der Waals surface area contributed by atoms with Gasteiger partial charge in [0.15, 0.2) is 11.5 Å². The topological polar surface area (TPSA) is 97.0 Å². The van der Waals surface area contributed by atoms with E-state index in [1.165, 1.54) is 6.92 Å². The number of fused-ring (bicyclic) bond motifs is 1. The highest BCUT2D eigenvalue weighted by Crippen LogP contribution is 2.35. The SMILES string of the molecule is CC(=O)NCCNC(=O)[C@H]1CC(=O)N(c2ccc3c(c2)OCCO3)C1. The van der Waals surface area contributed by atoms with Crippen LogP contribution in [0.1, 0.15) is 13.3 Å². The molecule has 2 heterocycles. The Labute approximate surface area is 145 Å². The van der Waals surface area contributed by atoms with Crippen LogP contribution in [0.2, 0.25) is 0 Å². The Kier molecular flexibility index (Phi) is 5.06. The molecule has 3 rings (SSSR count). The molecule has 1 aromatic rings. The fourth-order valence-corrected chi connectivity index (χ4v) is 2.90. The van der Waals surface area contributed by atoms with Crippen molar-refractivity contribution in [1.29, 1.82) is 0 Å². The maximum atomic E-state index is 12.3. The van der Waals surface area contributed by atoms with Crippen molar-refractivity contribution < 1.29 is 23.9 Å². The summed E-state index contributed by atoms with van der Waals surface area (Å²) >= 11 is 0. The van der Waals surface area contributed by atoms with Gasteiger partial charge in [0.2, 0.25) is 17.7 Å². The minimum absolute atomic E-state index is 0.0984. The molecule has 8 heteroatoms. The third-order valence-corrected chi connectivity index (χ3v) is 4.13. The summed E-state index contributed by atoms with van der Waals surface area (Å²) in [6.07, 6.45) is 0.167. The van der Waals surface area contributed by atoms with E-state index in [0.717, 1.165) is 0 Å². The van der Waals surface area contributed by atoms with Gasteiger partial charge in [-0.3, -0.25) is 14.4 Å². The first-order valence-corrected chi connectivity index (χ1v) is 8.27. The molecule has 1 aromatic carbocycles. The molecule has 2 N–H and O–H groups in total. The third kappa shape index (κ3) is 4.01. The fourth-order valence-electron chi connectivity index (χ4n) is 2.90. The highest BCUT2D eigenvalue weighted by molar-refractivity contribution is 6.00. The lowest BCUT2D eigenvalue weighted by molar-refractivity contribution is -0.126. The van der Waals surface area contributed by atoms with Crippen molar-refractivity contribution in [1.82, 2.24) is 10.6 Å². The molecule has 3 amide bonds. The van der Waals surface area contributed by atoms with E-state index in [2.05, 4.69) is 10.6 Å². The Morgan fingerprint density at radius 3 is 2.64 bits per heavy atom. The number of rotatable bonds is 5. The molecule has 0 unspecified atom stereocenters. The van der Waals surface area contributed by atoms with Gasteiger partial charge in [0, 0.05) is 44.7 Å². The van der Waals surface area contributed by atoms with E-state index in [-0.39, 0.29) is 24.1 Å². The van der Waals surface area contributed by atoms with Crippen molar-refractivity contribution in [3.63, 3.8) is 0 Å². The van der Waals surface area contributed by atoms with Gasteiger partial charge in [0.25, 0.3) is 0 Å². The molecular formula is C17H21N3O5. The van der Waals surface area contributed by atoms with Crippen molar-refractivity contribution in [3.05, 3.63) is 18.2 Å². The van der Waals surface area contributed by atoms with Crippen molar-refractivity contribution in [2.24, 2.45) is 5.92 Å². The van der Waals surface area contributed by atoms with Gasteiger partial charge in [-0.05, 0) is 12.1 Å². The molecule has 0 saturated carbocycles. The van der Waals surface area contributed by atoms with E-state index in [1.807, 2.05) is 0 Å². The van der Waals surface area contributed by atoms with Gasteiger partial charge >= 0.3 is 0 Å². The average Bonchev–Trinajstić information content (AvgIpc) is 3.00. The molecule has 1 fully saturated rings. The van der Waals surface area contributed by atoms with Gasteiger partial charge in [0.1, 0.15) is 13.2 Å². The summed E-state index contributed by atoms with van der Waals surface area (Å²) in [6.45, 7) is 3.44. The van der Waals surface area contributed by atoms with Crippen LogP contribution < -0.4 is 25.0 Å². The predicted octanol–water partition coefficient (Wildman–Crippen LogP) is 0.0630. The summed E-state index contributed by atoms with van der Waals surface area (Å²) in [6, 6.07) is 5.34. The number of benzene rings is 1. The van der Waals surface area contributed by atoms with Crippen LogP contribution in [0.15, 0.2) is 18.2 Å². The molecule has 0 bridgehead atoms. The predicted molar refractivity (Wildman–Crippen MR) is 89.6 cm³/mol. The van der Waals surface area contributed by atoms with Gasteiger partial charge in [-0.25, -0.2) is 0 Å². The summed E-state index contributed by atoms with van der Waals surface area (Å²) < 4.78 is 11.0. The van der Waals surface area contributed by atoms with Crippen LogP contribution in [-0.4, -0.2) is 50.6 Å². The van der Waals surface area contributed by atoms with Crippen LogP contribution in [0, 0.1) is 5.92 Å². The highest BCUT2D eigenvalue weighted by Gasteiger charge is 2.35. The lowest BCUT2D eigenvalue weighted by atomic mass is 10.1. The second-order valence-electron chi connectivity index (χ2n) is 6.01. The first kappa shape index (κ1) is 17.1. The Morgan fingerprint density at radius 1 is 1.16 bits per heavy atom. The summed E-state index contributed by atoms with van der Waals surface area (Å²) in [7, 11) is 0. The first-order valence-electron chi connectivity index (χ1n) is 8.27. The zero-order valence-electron chi connectivity index (χ0n) is 14.0. The number of ether oxygens (including phenoxy) is 2. The smallest absolute Gasteiger partial charge is 0.227 e. The van der Waals surface area contributed by atoms with E-state index in [1.54, 1.807) is 23.1 Å². The van der Waals surface area contributed by atoms with Crippen LogP contribution in [-0.2, 0) is 14.4 Å². The van der Waals surface area contributed by atoms with Crippen molar-refractivity contribution >= 4 is 23.4 Å². The standard InChI is InChI=1S/C17H21N3O5/c1-11(21)18-4-5-19-17(23)12-8-16(22)20(10-12)13-2-3-14-15(9-13)25-7-6-24-14/h2-3,9,12H,4-8,10H2,1H3,(H,18,21)(H,19,23)/t12-/m0/s1. The number of anilines is 1. The Balaban J connectivity index is 1.58. The molecule has 1 saturated heterocycles. The van der Waals surface area contributed by atoms with Crippen LogP contribution in [0.4, 0.5) is 5.69 Å². The summed E-state index contributed by atoms with van der Waals surface area (Å²) in [5, 5.41) is 5.35. The zero-order valence-corrected chi connectivity index (χ0v) is 14.0. The fraction of sp³-hybridized carbons (Fsp3) is 0.471. The average molecular weight is 347 g/mol. The van der Waals surface area contributed by atoms with Crippen molar-refractivity contribution in [3.8, 4) is 11.5 Å². The number of amides is 3. The molecule has 0 aromatic heterocycles. The quantitative estimate of drug-likeness (QED) is 0.735. The third-order valence-electron chi connectivity index (χ3n) is 4.13. The van der Waals surface area contributed by atoms with E-state index in [9.17, 15) is 14.4 Å². The van der Waals surface area contributed by atoms with Crippen molar-refractivity contribution in [2.75, 3.05) is 37.7 Å². The largest absolute Gasteiger partial charge is 0.486 e. The number of nitrogens with zero attached hydrogens (tertiary/aromatic N) is 1. The summed E-state index contributed by atoms with van der Waals surface area (Å²) in [4.78, 5) is 36.9. The van der Waals surface area contributed by atoms with Gasteiger partial charge in [0.05, 0.1) is 5.92 Å². The van der Waals surface area contributed by atoms with E-state index in [4.69, 9.17) is 9.47 Å². The molecule has 1 atom stereocenters. The second kappa shape index (κ2) is 7.42. The first-order chi connectivity index (χ1) is 12.0. The van der Waals surface area contributed by atoms with E-state index < -0.39 is 5.92 Å². The van der Waals surface area contributed by atoms with E-state index >= 15 is 0 Å². The highest BCUT2D eigenvalue weighted by atomic mass is 16.6. The van der Waals surface area contributed by atoms with Gasteiger partial charge in [-0.2, -0.15) is 0 Å². The lowest BCUT2D eigenvalue weighted by Gasteiger charge is -2.22. The lowest BCUT2D eigenvalue weighted by Crippen LogP contribution is -2.37. The molecular weight excluding hydrogens is 326 g/mol. The Morgan fingerprint density at radius 2 is 1.88 bits per heavy atom. The molecule has 0 aliphatic carbocycles. The molecule has 134 valence electrons. The number of carbonyl (C=O) groups excluding carboxylic acids is 3. The van der Waals surface area contributed by atoms with Gasteiger partial charge in [-0.15, -0.1) is 0 Å². The van der Waals surface area contributed by atoms with Gasteiger partial charge in [-0.1, -0.05) is 0 Å². The molecule has 8 nitrogen and oxygen atoms in total. The van der Waals surface area contributed by atoms with Crippen molar-refractivity contribution in [2.45, 2.75) is 13.3 Å². The molecule has 2 aliphatic rings. The minimum Gasteiger partial charge on any atom is -0.486 e. The van der Waals surface area contributed by atoms with Crippen LogP contribution >= 0.6 is 0 Å². The maximum absolute atomic E-state index is 12.3. The van der Waals surface area contributed by atoms with Crippen LogP contribution in [0.5, 0.6) is 11.5 Å². The molecule has 0 spiro atoms. The number of nitrogens with one attached hydrogen (secondary N) is 2. The normalized spacial score (nSPS) is 18.8. The summed E-state index contributed by atoms with van der Waals surface area (Å²) in [5.41, 5.74) is 0.697. The molecule has 2 aliphatic heterocycles. The number of hydrogen-bond acceptors (Lipinski definition) is 5. The van der Waals surface area contributed by atoms with E-state index in [0.29, 0.717) is 50.0 Å². The maximum Gasteiger partial charge on any atom is 0.227 e. The summed E-state index contributed by atoms with van der Waals surface area (Å²) in [5.74, 6) is 0.444. The zero-order chi connectivity index (χ0) is 17.8. The monoisotopic (exact) mass is 347 g/mol. The van der Waals surface area contributed by atoms with Crippen LogP contribution in [0.25, 0.3) is 0 Å². The Bertz CT molecular complexity index is 691. The number of hydrogen-bond donors (Lipinski definition) is 2. The minimum atomic E-state index is -0.405. The van der Waals surface area contributed by atoms with Gasteiger partial charge < -0.3 is 25.0 Å². The Hall–Kier alpha value is -2.77.